The van der Waals surface area contributed by atoms with Crippen LogP contribution in [0.25, 0.3) is 10.9 Å². The molecular weight excluding hydrogens is 394 g/mol. The molecule has 7 heteroatoms. The summed E-state index contributed by atoms with van der Waals surface area (Å²) in [5, 5.41) is 2.13. The molecule has 0 bridgehead atoms. The monoisotopic (exact) mass is 415 g/mol. The van der Waals surface area contributed by atoms with Crippen LogP contribution >= 0.6 is 23.4 Å². The van der Waals surface area contributed by atoms with Gasteiger partial charge >= 0.3 is 0 Å². The van der Waals surface area contributed by atoms with E-state index in [1.165, 1.54) is 0 Å². The number of thioether (sulfide) groups is 1. The highest BCUT2D eigenvalue weighted by Gasteiger charge is 2.15. The normalized spacial score (nSPS) is 15.2. The smallest absolute Gasteiger partial charge is 0.262 e. The highest BCUT2D eigenvalue weighted by atomic mass is 35.5. The highest BCUT2D eigenvalue weighted by molar-refractivity contribution is 7.98. The van der Waals surface area contributed by atoms with E-state index in [-0.39, 0.29) is 5.56 Å². The Kier molecular flexibility index (Phi) is 6.32. The molecule has 4 rings (SSSR count). The minimum Gasteiger partial charge on any atom is -0.379 e. The van der Waals surface area contributed by atoms with Crippen molar-refractivity contribution >= 4 is 34.3 Å². The van der Waals surface area contributed by atoms with E-state index in [4.69, 9.17) is 21.3 Å². The van der Waals surface area contributed by atoms with Gasteiger partial charge in [0.1, 0.15) is 0 Å². The quantitative estimate of drug-likeness (QED) is 0.454. The van der Waals surface area contributed by atoms with Crippen LogP contribution in [0.3, 0.4) is 0 Å². The molecule has 3 aromatic rings. The van der Waals surface area contributed by atoms with E-state index in [0.29, 0.717) is 17.7 Å². The summed E-state index contributed by atoms with van der Waals surface area (Å²) >= 11 is 7.85. The third kappa shape index (κ3) is 4.41. The number of rotatable bonds is 6. The zero-order chi connectivity index (χ0) is 19.3. The molecule has 5 nitrogen and oxygen atoms in total. The number of halogens is 1. The largest absolute Gasteiger partial charge is 0.379 e. The van der Waals surface area contributed by atoms with Gasteiger partial charge in [-0.05, 0) is 23.8 Å². The SMILES string of the molecule is O=c1c2ccccc2nc(SCc2ccccc2Cl)n1CCN1CCOCC1. The van der Waals surface area contributed by atoms with E-state index in [0.717, 1.165) is 54.1 Å². The molecule has 28 heavy (non-hydrogen) atoms. The fourth-order valence-corrected chi connectivity index (χ4v) is 4.59. The van der Waals surface area contributed by atoms with Gasteiger partial charge in [-0.2, -0.15) is 0 Å². The molecule has 2 heterocycles. The molecule has 1 aromatic heterocycles. The Morgan fingerprint density at radius 2 is 1.79 bits per heavy atom. The van der Waals surface area contributed by atoms with Crippen LogP contribution < -0.4 is 5.56 Å². The molecule has 1 aliphatic heterocycles. The summed E-state index contributed by atoms with van der Waals surface area (Å²) in [7, 11) is 0. The lowest BCUT2D eigenvalue weighted by molar-refractivity contribution is 0.0359. The summed E-state index contributed by atoms with van der Waals surface area (Å²) in [5.41, 5.74) is 1.79. The van der Waals surface area contributed by atoms with Crippen molar-refractivity contribution in [1.29, 1.82) is 0 Å². The number of hydrogen-bond acceptors (Lipinski definition) is 5. The molecule has 146 valence electrons. The van der Waals surface area contributed by atoms with E-state index in [1.54, 1.807) is 16.3 Å². The zero-order valence-corrected chi connectivity index (χ0v) is 17.1. The molecule has 0 atom stereocenters. The van der Waals surface area contributed by atoms with Crippen molar-refractivity contribution in [3.05, 3.63) is 69.5 Å². The number of aromatic nitrogens is 2. The molecule has 0 aliphatic carbocycles. The lowest BCUT2D eigenvalue weighted by Gasteiger charge is -2.27. The number of hydrogen-bond donors (Lipinski definition) is 0. The van der Waals surface area contributed by atoms with Gasteiger partial charge in [0, 0.05) is 37.0 Å². The molecule has 1 fully saturated rings. The predicted octanol–water partition coefficient (Wildman–Crippen LogP) is 3.67. The van der Waals surface area contributed by atoms with Gasteiger partial charge in [-0.25, -0.2) is 4.98 Å². The Bertz CT molecular complexity index is 1020. The first-order chi connectivity index (χ1) is 13.7. The third-order valence-electron chi connectivity index (χ3n) is 4.88. The first-order valence-corrected chi connectivity index (χ1v) is 10.7. The summed E-state index contributed by atoms with van der Waals surface area (Å²) in [4.78, 5) is 20.3. The summed E-state index contributed by atoms with van der Waals surface area (Å²) < 4.78 is 7.22. The van der Waals surface area contributed by atoms with E-state index in [9.17, 15) is 4.79 Å². The van der Waals surface area contributed by atoms with Gasteiger partial charge in [0.05, 0.1) is 24.1 Å². The summed E-state index contributed by atoms with van der Waals surface area (Å²) in [6.07, 6.45) is 0. The standard InChI is InChI=1S/C21H22ClN3O2S/c22-18-7-3-1-5-16(18)15-28-21-23-19-8-4-2-6-17(19)20(26)25(21)10-9-24-11-13-27-14-12-24/h1-8H,9-15H2. The average Bonchev–Trinajstić information content (AvgIpc) is 2.73. The second-order valence-electron chi connectivity index (χ2n) is 6.70. The zero-order valence-electron chi connectivity index (χ0n) is 15.5. The van der Waals surface area contributed by atoms with E-state index in [2.05, 4.69) is 4.90 Å². The van der Waals surface area contributed by atoms with Gasteiger partial charge in [-0.3, -0.25) is 14.3 Å². The van der Waals surface area contributed by atoms with Crippen molar-refractivity contribution in [1.82, 2.24) is 14.5 Å². The molecule has 1 saturated heterocycles. The summed E-state index contributed by atoms with van der Waals surface area (Å²) in [6.45, 7) is 4.72. The molecular formula is C21H22ClN3O2S. The van der Waals surface area contributed by atoms with Crippen molar-refractivity contribution in [2.24, 2.45) is 0 Å². The predicted molar refractivity (Wildman–Crippen MR) is 114 cm³/mol. The second-order valence-corrected chi connectivity index (χ2v) is 8.05. The molecule has 1 aliphatic rings. The maximum Gasteiger partial charge on any atom is 0.262 e. The highest BCUT2D eigenvalue weighted by Crippen LogP contribution is 2.26. The minimum atomic E-state index is 0.0144. The van der Waals surface area contributed by atoms with Crippen LogP contribution in [0.1, 0.15) is 5.56 Å². The number of nitrogens with zero attached hydrogens (tertiary/aromatic N) is 3. The number of fused-ring (bicyclic) bond motifs is 1. The fraction of sp³-hybridized carbons (Fsp3) is 0.333. The molecule has 2 aromatic carbocycles. The summed E-state index contributed by atoms with van der Waals surface area (Å²) in [6, 6.07) is 15.3. The Hall–Kier alpha value is -1.86. The molecule has 0 radical (unpaired) electrons. The van der Waals surface area contributed by atoms with Crippen LogP contribution in [-0.4, -0.2) is 47.3 Å². The Morgan fingerprint density at radius 3 is 2.61 bits per heavy atom. The van der Waals surface area contributed by atoms with Crippen LogP contribution in [0, 0.1) is 0 Å². The van der Waals surface area contributed by atoms with Crippen LogP contribution in [0.15, 0.2) is 58.5 Å². The van der Waals surface area contributed by atoms with E-state index < -0.39 is 0 Å². The van der Waals surface area contributed by atoms with Crippen LogP contribution in [-0.2, 0) is 17.0 Å². The maximum atomic E-state index is 13.1. The lowest BCUT2D eigenvalue weighted by atomic mass is 10.2. The Morgan fingerprint density at radius 1 is 1.04 bits per heavy atom. The van der Waals surface area contributed by atoms with Gasteiger partial charge < -0.3 is 4.74 Å². The Balaban J connectivity index is 1.62. The van der Waals surface area contributed by atoms with Crippen molar-refractivity contribution in [2.75, 3.05) is 32.8 Å². The van der Waals surface area contributed by atoms with Gasteiger partial charge in [0.15, 0.2) is 5.16 Å². The van der Waals surface area contributed by atoms with Crippen LogP contribution in [0.5, 0.6) is 0 Å². The number of ether oxygens (including phenoxy) is 1. The number of morpholine rings is 1. The first-order valence-electron chi connectivity index (χ1n) is 9.38. The topological polar surface area (TPSA) is 47.4 Å². The number of benzene rings is 2. The third-order valence-corrected chi connectivity index (χ3v) is 6.28. The first kappa shape index (κ1) is 19.5. The second kappa shape index (κ2) is 9.09. The number of para-hydroxylation sites is 1. The van der Waals surface area contributed by atoms with Crippen LogP contribution in [0.4, 0.5) is 0 Å². The van der Waals surface area contributed by atoms with Gasteiger partial charge in [0.25, 0.3) is 5.56 Å². The van der Waals surface area contributed by atoms with Gasteiger partial charge in [0.2, 0.25) is 0 Å². The van der Waals surface area contributed by atoms with Crippen molar-refractivity contribution in [3.8, 4) is 0 Å². The lowest BCUT2D eigenvalue weighted by Crippen LogP contribution is -2.39. The van der Waals surface area contributed by atoms with Crippen molar-refractivity contribution in [3.63, 3.8) is 0 Å². The van der Waals surface area contributed by atoms with E-state index >= 15 is 0 Å². The van der Waals surface area contributed by atoms with Gasteiger partial charge in [-0.15, -0.1) is 0 Å². The minimum absolute atomic E-state index is 0.0144. The van der Waals surface area contributed by atoms with E-state index in [1.807, 2.05) is 48.5 Å². The van der Waals surface area contributed by atoms with Crippen molar-refractivity contribution in [2.45, 2.75) is 17.5 Å². The van der Waals surface area contributed by atoms with Crippen LogP contribution in [0.2, 0.25) is 5.02 Å². The molecule has 0 spiro atoms. The molecule has 0 unspecified atom stereocenters. The molecule has 0 amide bonds. The maximum absolute atomic E-state index is 13.1. The van der Waals surface area contributed by atoms with Gasteiger partial charge in [-0.1, -0.05) is 53.7 Å². The summed E-state index contributed by atoms with van der Waals surface area (Å²) in [5.74, 6) is 0.669. The molecule has 0 saturated carbocycles. The Labute approximate surface area is 173 Å². The molecule has 0 N–H and O–H groups in total. The fourth-order valence-electron chi connectivity index (χ4n) is 3.28. The van der Waals surface area contributed by atoms with Crippen molar-refractivity contribution < 1.29 is 4.74 Å². The average molecular weight is 416 g/mol.